The highest BCUT2D eigenvalue weighted by Gasteiger charge is 2.36. The zero-order valence-corrected chi connectivity index (χ0v) is 20.7. The van der Waals surface area contributed by atoms with Crippen molar-refractivity contribution < 1.29 is 14.3 Å². The van der Waals surface area contributed by atoms with Crippen molar-refractivity contribution in [3.8, 4) is 11.5 Å². The largest absolute Gasteiger partial charge is 0.508 e. The van der Waals surface area contributed by atoms with E-state index in [0.717, 1.165) is 49.3 Å². The standard InChI is InChI=1S/C24H38O3Si2/c1-20(12-10-15-21-13-6-8-17-23(21)25)29(4,5)27-28(2,3)19-11-16-22-14-7-9-18-24(22)26/h6-9,13-14,17-18,20,25-26H,10-12,15-16,19H2,1-5H3. The van der Waals surface area contributed by atoms with E-state index in [1.165, 1.54) is 0 Å². The van der Waals surface area contributed by atoms with Gasteiger partial charge in [0.15, 0.2) is 16.6 Å². The number of para-hydroxylation sites is 2. The molecule has 0 fully saturated rings. The van der Waals surface area contributed by atoms with E-state index in [0.29, 0.717) is 17.0 Å². The summed E-state index contributed by atoms with van der Waals surface area (Å²) in [5.74, 6) is 0.812. The van der Waals surface area contributed by atoms with Crippen LogP contribution in [0.5, 0.6) is 11.5 Å². The zero-order chi connectivity index (χ0) is 21.5. The van der Waals surface area contributed by atoms with Crippen LogP contribution in [0.4, 0.5) is 0 Å². The highest BCUT2D eigenvalue weighted by Crippen LogP contribution is 2.33. The Morgan fingerprint density at radius 1 is 0.793 bits per heavy atom. The molecule has 0 bridgehead atoms. The zero-order valence-electron chi connectivity index (χ0n) is 18.7. The topological polar surface area (TPSA) is 49.7 Å². The average Bonchev–Trinajstić information content (AvgIpc) is 2.64. The summed E-state index contributed by atoms with van der Waals surface area (Å²) in [6.45, 7) is 11.7. The molecule has 0 aliphatic heterocycles. The van der Waals surface area contributed by atoms with Crippen LogP contribution in [-0.2, 0) is 17.0 Å². The van der Waals surface area contributed by atoms with Crippen LogP contribution in [0.1, 0.15) is 37.3 Å². The van der Waals surface area contributed by atoms with Crippen LogP contribution in [0, 0.1) is 0 Å². The van der Waals surface area contributed by atoms with Gasteiger partial charge in [-0.1, -0.05) is 49.7 Å². The van der Waals surface area contributed by atoms with Crippen LogP contribution in [-0.4, -0.2) is 26.8 Å². The van der Waals surface area contributed by atoms with Gasteiger partial charge in [0.1, 0.15) is 11.5 Å². The molecule has 0 spiro atoms. The molecule has 0 heterocycles. The van der Waals surface area contributed by atoms with E-state index < -0.39 is 16.6 Å². The van der Waals surface area contributed by atoms with Crippen molar-refractivity contribution in [2.24, 2.45) is 0 Å². The van der Waals surface area contributed by atoms with Gasteiger partial charge in [0.2, 0.25) is 0 Å². The van der Waals surface area contributed by atoms with E-state index in [9.17, 15) is 10.2 Å². The van der Waals surface area contributed by atoms with Crippen molar-refractivity contribution in [3.05, 3.63) is 59.7 Å². The summed E-state index contributed by atoms with van der Waals surface area (Å²) in [6, 6.07) is 16.4. The third-order valence-electron chi connectivity index (χ3n) is 6.02. The molecule has 2 aromatic rings. The first-order valence-electron chi connectivity index (χ1n) is 10.8. The first-order valence-corrected chi connectivity index (χ1v) is 16.9. The summed E-state index contributed by atoms with van der Waals surface area (Å²) in [6.07, 6.45) is 5.10. The number of phenolic OH excluding ortho intramolecular Hbond substituents is 2. The summed E-state index contributed by atoms with van der Waals surface area (Å²) in [5, 5.41) is 19.9. The van der Waals surface area contributed by atoms with Crippen LogP contribution in [0.2, 0.25) is 37.8 Å². The van der Waals surface area contributed by atoms with E-state index in [-0.39, 0.29) is 0 Å². The highest BCUT2D eigenvalue weighted by molar-refractivity contribution is 6.85. The number of hydrogen-bond acceptors (Lipinski definition) is 3. The van der Waals surface area contributed by atoms with Gasteiger partial charge >= 0.3 is 0 Å². The van der Waals surface area contributed by atoms with E-state index >= 15 is 0 Å². The lowest BCUT2D eigenvalue weighted by Crippen LogP contribution is -2.46. The van der Waals surface area contributed by atoms with E-state index in [1.807, 2.05) is 36.4 Å². The Bertz CT molecular complexity index is 774. The summed E-state index contributed by atoms with van der Waals surface area (Å²) < 4.78 is 6.85. The molecule has 0 aliphatic rings. The van der Waals surface area contributed by atoms with Gasteiger partial charge in [0.05, 0.1) is 0 Å². The van der Waals surface area contributed by atoms with Crippen molar-refractivity contribution in [2.45, 2.75) is 76.8 Å². The van der Waals surface area contributed by atoms with Gasteiger partial charge < -0.3 is 14.3 Å². The molecule has 0 aromatic heterocycles. The molecule has 2 aromatic carbocycles. The van der Waals surface area contributed by atoms with E-state index in [2.05, 4.69) is 33.1 Å². The molecule has 0 saturated heterocycles. The Hall–Kier alpha value is -1.57. The van der Waals surface area contributed by atoms with Gasteiger partial charge in [-0.3, -0.25) is 0 Å². The van der Waals surface area contributed by atoms with Crippen molar-refractivity contribution in [1.82, 2.24) is 0 Å². The summed E-state index contributed by atoms with van der Waals surface area (Å²) >= 11 is 0. The van der Waals surface area contributed by atoms with Gasteiger partial charge in [-0.25, -0.2) is 0 Å². The van der Waals surface area contributed by atoms with Crippen molar-refractivity contribution >= 4 is 16.6 Å². The first-order chi connectivity index (χ1) is 13.6. The maximum absolute atomic E-state index is 9.95. The lowest BCUT2D eigenvalue weighted by atomic mass is 10.1. The second-order valence-electron chi connectivity index (χ2n) is 9.37. The molecule has 5 heteroatoms. The monoisotopic (exact) mass is 430 g/mol. The predicted octanol–water partition coefficient (Wildman–Crippen LogP) is 6.87. The molecule has 0 aliphatic carbocycles. The third kappa shape index (κ3) is 7.65. The highest BCUT2D eigenvalue weighted by atomic mass is 28.4. The van der Waals surface area contributed by atoms with Crippen LogP contribution >= 0.6 is 0 Å². The molecule has 0 saturated carbocycles. The fraction of sp³-hybridized carbons (Fsp3) is 0.500. The molecule has 160 valence electrons. The van der Waals surface area contributed by atoms with Gasteiger partial charge in [-0.15, -0.1) is 0 Å². The van der Waals surface area contributed by atoms with Gasteiger partial charge in [-0.2, -0.15) is 0 Å². The quantitative estimate of drug-likeness (QED) is 0.382. The minimum Gasteiger partial charge on any atom is -0.508 e. The maximum Gasteiger partial charge on any atom is 0.176 e. The average molecular weight is 431 g/mol. The van der Waals surface area contributed by atoms with Gasteiger partial charge in [0, 0.05) is 0 Å². The number of aryl methyl sites for hydroxylation is 2. The van der Waals surface area contributed by atoms with Crippen LogP contribution in [0.3, 0.4) is 0 Å². The number of benzene rings is 2. The molecular formula is C24H38O3Si2. The molecule has 1 unspecified atom stereocenters. The van der Waals surface area contributed by atoms with Gasteiger partial charge in [-0.05, 0) is 86.7 Å². The minimum atomic E-state index is -1.78. The van der Waals surface area contributed by atoms with E-state index in [4.69, 9.17) is 4.12 Å². The normalized spacial score (nSPS) is 13.4. The minimum absolute atomic E-state index is 0.403. The van der Waals surface area contributed by atoms with Crippen molar-refractivity contribution in [2.75, 3.05) is 0 Å². The Morgan fingerprint density at radius 3 is 1.79 bits per heavy atom. The lowest BCUT2D eigenvalue weighted by Gasteiger charge is -2.38. The molecule has 0 radical (unpaired) electrons. The second kappa shape index (κ2) is 10.5. The first kappa shape index (κ1) is 23.7. The smallest absolute Gasteiger partial charge is 0.176 e. The lowest BCUT2D eigenvalue weighted by molar-refractivity contribution is 0.464. The van der Waals surface area contributed by atoms with Crippen LogP contribution < -0.4 is 0 Å². The molecule has 2 N–H and O–H groups in total. The maximum atomic E-state index is 9.95. The molecule has 3 nitrogen and oxygen atoms in total. The Balaban J connectivity index is 1.80. The van der Waals surface area contributed by atoms with Crippen molar-refractivity contribution in [1.29, 1.82) is 0 Å². The number of phenols is 2. The predicted molar refractivity (Wildman–Crippen MR) is 128 cm³/mol. The molecular weight excluding hydrogens is 392 g/mol. The fourth-order valence-corrected chi connectivity index (χ4v) is 12.8. The second-order valence-corrected chi connectivity index (χ2v) is 18.4. The van der Waals surface area contributed by atoms with Crippen molar-refractivity contribution in [3.63, 3.8) is 0 Å². The molecule has 2 rings (SSSR count). The van der Waals surface area contributed by atoms with Gasteiger partial charge in [0.25, 0.3) is 0 Å². The fourth-order valence-electron chi connectivity index (χ4n) is 3.96. The van der Waals surface area contributed by atoms with E-state index in [1.54, 1.807) is 12.1 Å². The summed E-state index contributed by atoms with van der Waals surface area (Å²) in [5.41, 5.74) is 2.66. The van der Waals surface area contributed by atoms with Crippen LogP contribution in [0.25, 0.3) is 0 Å². The number of aromatic hydroxyl groups is 2. The molecule has 0 amide bonds. The Morgan fingerprint density at radius 2 is 1.28 bits per heavy atom. The molecule has 1 atom stereocenters. The Labute approximate surface area is 179 Å². The van der Waals surface area contributed by atoms with Crippen LogP contribution in [0.15, 0.2) is 48.5 Å². The summed E-state index contributed by atoms with van der Waals surface area (Å²) in [7, 11) is -3.53. The Kier molecular flexibility index (Phi) is 8.55. The summed E-state index contributed by atoms with van der Waals surface area (Å²) in [4.78, 5) is 0. The SMILES string of the molecule is CC(CCCc1ccccc1O)[Si](C)(C)O[Si](C)(C)CCCc1ccccc1O. The third-order valence-corrected chi connectivity index (χ3v) is 14.6. The number of rotatable bonds is 11. The molecule has 29 heavy (non-hydrogen) atoms. The number of hydrogen-bond donors (Lipinski definition) is 2.